The van der Waals surface area contributed by atoms with E-state index in [1.807, 2.05) is 0 Å². The Hall–Kier alpha value is -2.88. The van der Waals surface area contributed by atoms with Gasteiger partial charge in [-0.1, -0.05) is 17.3 Å². The maximum absolute atomic E-state index is 12.4. The van der Waals surface area contributed by atoms with E-state index < -0.39 is 24.0 Å². The van der Waals surface area contributed by atoms with Gasteiger partial charge in [-0.05, 0) is 26.0 Å². The Morgan fingerprint density at radius 1 is 1.31 bits per heavy atom. The van der Waals surface area contributed by atoms with E-state index in [4.69, 9.17) is 9.26 Å². The van der Waals surface area contributed by atoms with Gasteiger partial charge >= 0.3 is 12.0 Å². The topological polar surface area (TPSA) is 123 Å². The number of carbonyl (C=O) groups excluding carboxylic acids is 3. The summed E-state index contributed by atoms with van der Waals surface area (Å²) in [5, 5.41) is 8.00. The number of benzene rings is 1. The molecule has 26 heavy (non-hydrogen) atoms. The summed E-state index contributed by atoms with van der Waals surface area (Å²) in [6, 6.07) is 6.13. The predicted octanol–water partition coefficient (Wildman–Crippen LogP) is 1.67. The number of ether oxygens (including phenoxy) is 1. The molecule has 0 fully saturated rings. The summed E-state index contributed by atoms with van der Waals surface area (Å²) >= 11 is 1.33. The van der Waals surface area contributed by atoms with Gasteiger partial charge in [0.1, 0.15) is 0 Å². The maximum Gasteiger partial charge on any atom is 0.340 e. The zero-order valence-electron chi connectivity index (χ0n) is 14.4. The standard InChI is InChI=1S/C16H18N4O5S/c1-9(14(21)19-16(23)17-3)24-15(22)11-6-4-5-7-12(11)26-8-13-18-10(2)20-25-13/h4-7,9H,8H2,1-3H3,(H2,17,19,21,23). The Morgan fingerprint density at radius 2 is 2.04 bits per heavy atom. The van der Waals surface area contributed by atoms with Gasteiger partial charge in [-0.2, -0.15) is 4.98 Å². The lowest BCUT2D eigenvalue weighted by atomic mass is 10.2. The van der Waals surface area contributed by atoms with Crippen molar-refractivity contribution in [1.29, 1.82) is 0 Å². The zero-order valence-corrected chi connectivity index (χ0v) is 15.3. The van der Waals surface area contributed by atoms with Crippen molar-refractivity contribution in [1.82, 2.24) is 20.8 Å². The molecule has 0 spiro atoms. The second kappa shape index (κ2) is 8.99. The van der Waals surface area contributed by atoms with E-state index in [2.05, 4.69) is 20.8 Å². The molecule has 2 aromatic rings. The number of carbonyl (C=O) groups is 3. The van der Waals surface area contributed by atoms with Gasteiger partial charge in [0.15, 0.2) is 11.9 Å². The van der Waals surface area contributed by atoms with Crippen molar-refractivity contribution < 1.29 is 23.6 Å². The van der Waals surface area contributed by atoms with Crippen LogP contribution in [-0.2, 0) is 15.3 Å². The van der Waals surface area contributed by atoms with Crippen LogP contribution in [-0.4, -0.2) is 41.2 Å². The molecule has 3 amide bonds. The maximum atomic E-state index is 12.4. The molecule has 2 N–H and O–H groups in total. The summed E-state index contributed by atoms with van der Waals surface area (Å²) < 4.78 is 10.2. The molecule has 1 heterocycles. The number of nitrogens with one attached hydrogen (secondary N) is 2. The van der Waals surface area contributed by atoms with Crippen molar-refractivity contribution in [3.05, 3.63) is 41.5 Å². The molecular weight excluding hydrogens is 360 g/mol. The molecule has 1 aromatic carbocycles. The monoisotopic (exact) mass is 378 g/mol. The van der Waals surface area contributed by atoms with Crippen molar-refractivity contribution in [2.24, 2.45) is 0 Å². The zero-order chi connectivity index (χ0) is 19.1. The molecule has 0 bridgehead atoms. The van der Waals surface area contributed by atoms with Gasteiger partial charge in [0.25, 0.3) is 5.91 Å². The van der Waals surface area contributed by atoms with Crippen molar-refractivity contribution >= 4 is 29.7 Å². The molecule has 1 unspecified atom stereocenters. The first kappa shape index (κ1) is 19.4. The van der Waals surface area contributed by atoms with Crippen LogP contribution in [0, 0.1) is 6.92 Å². The van der Waals surface area contributed by atoms with Crippen molar-refractivity contribution in [2.75, 3.05) is 7.05 Å². The number of aromatic nitrogens is 2. The van der Waals surface area contributed by atoms with Gasteiger partial charge < -0.3 is 14.6 Å². The van der Waals surface area contributed by atoms with E-state index >= 15 is 0 Å². The molecule has 10 heteroatoms. The first-order chi connectivity index (χ1) is 12.4. The average Bonchev–Trinajstić information content (AvgIpc) is 3.05. The number of aryl methyl sites for hydroxylation is 1. The summed E-state index contributed by atoms with van der Waals surface area (Å²) in [4.78, 5) is 40.1. The minimum atomic E-state index is -1.13. The van der Waals surface area contributed by atoms with Gasteiger partial charge in [0.2, 0.25) is 5.89 Å². The molecule has 9 nitrogen and oxygen atoms in total. The largest absolute Gasteiger partial charge is 0.449 e. The van der Waals surface area contributed by atoms with E-state index in [0.717, 1.165) is 0 Å². The number of imide groups is 1. The highest BCUT2D eigenvalue weighted by Gasteiger charge is 2.22. The van der Waals surface area contributed by atoms with E-state index in [-0.39, 0.29) is 0 Å². The minimum absolute atomic E-state index is 0.299. The Labute approximate surface area is 153 Å². The average molecular weight is 378 g/mol. The normalized spacial score (nSPS) is 11.5. The Morgan fingerprint density at radius 3 is 2.69 bits per heavy atom. The molecular formula is C16H18N4O5S. The SMILES string of the molecule is CNC(=O)NC(=O)C(C)OC(=O)c1ccccc1SCc1nc(C)no1. The van der Waals surface area contributed by atoms with Crippen molar-refractivity contribution in [2.45, 2.75) is 30.6 Å². The van der Waals surface area contributed by atoms with Gasteiger partial charge in [0.05, 0.1) is 11.3 Å². The molecule has 0 radical (unpaired) electrons. The summed E-state index contributed by atoms with van der Waals surface area (Å²) in [7, 11) is 1.37. The first-order valence-electron chi connectivity index (χ1n) is 7.65. The van der Waals surface area contributed by atoms with Crippen LogP contribution < -0.4 is 10.6 Å². The number of esters is 1. The van der Waals surface area contributed by atoms with Crippen molar-refractivity contribution in [3.63, 3.8) is 0 Å². The molecule has 1 atom stereocenters. The fourth-order valence-corrected chi connectivity index (χ4v) is 2.73. The highest BCUT2D eigenvalue weighted by Crippen LogP contribution is 2.26. The minimum Gasteiger partial charge on any atom is -0.449 e. The highest BCUT2D eigenvalue weighted by atomic mass is 32.2. The second-order valence-electron chi connectivity index (χ2n) is 5.14. The van der Waals surface area contributed by atoms with E-state index in [9.17, 15) is 14.4 Å². The number of nitrogens with zero attached hydrogens (tertiary/aromatic N) is 2. The van der Waals surface area contributed by atoms with Crippen LogP contribution in [0.1, 0.15) is 29.0 Å². The summed E-state index contributed by atoms with van der Waals surface area (Å²) in [6.45, 7) is 3.10. The van der Waals surface area contributed by atoms with E-state index in [1.165, 1.54) is 25.7 Å². The third kappa shape index (κ3) is 5.31. The quantitative estimate of drug-likeness (QED) is 0.575. The van der Waals surface area contributed by atoms with E-state index in [1.54, 1.807) is 31.2 Å². The number of hydrogen-bond donors (Lipinski definition) is 2. The molecule has 0 aliphatic carbocycles. The van der Waals surface area contributed by atoms with Crippen LogP contribution >= 0.6 is 11.8 Å². The van der Waals surface area contributed by atoms with Crippen LogP contribution in [0.15, 0.2) is 33.7 Å². The van der Waals surface area contributed by atoms with Gasteiger partial charge in [-0.25, -0.2) is 9.59 Å². The second-order valence-corrected chi connectivity index (χ2v) is 6.15. The molecule has 2 rings (SSSR count). The summed E-state index contributed by atoms with van der Waals surface area (Å²) in [5.74, 6) is -0.0329. The molecule has 0 saturated heterocycles. The van der Waals surface area contributed by atoms with Crippen LogP contribution in [0.25, 0.3) is 0 Å². The summed E-state index contributed by atoms with van der Waals surface area (Å²) in [6.07, 6.45) is -1.13. The number of urea groups is 1. The Bertz CT molecular complexity index is 807. The van der Waals surface area contributed by atoms with Gasteiger partial charge in [0, 0.05) is 11.9 Å². The van der Waals surface area contributed by atoms with Crippen molar-refractivity contribution in [3.8, 4) is 0 Å². The van der Waals surface area contributed by atoms with E-state index in [0.29, 0.717) is 27.9 Å². The lowest BCUT2D eigenvalue weighted by Crippen LogP contribution is -2.43. The molecule has 1 aromatic heterocycles. The van der Waals surface area contributed by atoms with Gasteiger partial charge in [-0.15, -0.1) is 11.8 Å². The van der Waals surface area contributed by atoms with Crippen LogP contribution in [0.2, 0.25) is 0 Å². The lowest BCUT2D eigenvalue weighted by Gasteiger charge is -2.14. The predicted molar refractivity (Wildman–Crippen MR) is 92.5 cm³/mol. The fourth-order valence-electron chi connectivity index (χ4n) is 1.85. The number of rotatable bonds is 6. The van der Waals surface area contributed by atoms with Crippen LogP contribution in [0.5, 0.6) is 0 Å². The third-order valence-electron chi connectivity index (χ3n) is 3.14. The molecule has 0 saturated carbocycles. The molecule has 0 aliphatic rings. The van der Waals surface area contributed by atoms with Crippen LogP contribution in [0.4, 0.5) is 4.79 Å². The van der Waals surface area contributed by atoms with Crippen LogP contribution in [0.3, 0.4) is 0 Å². The smallest absolute Gasteiger partial charge is 0.340 e. The number of amides is 3. The number of thioether (sulfide) groups is 1. The van der Waals surface area contributed by atoms with Gasteiger partial charge in [-0.3, -0.25) is 10.1 Å². The Kier molecular flexibility index (Phi) is 6.73. The highest BCUT2D eigenvalue weighted by molar-refractivity contribution is 7.98. The first-order valence-corrected chi connectivity index (χ1v) is 8.64. The Balaban J connectivity index is 2.02. The number of hydrogen-bond acceptors (Lipinski definition) is 8. The lowest BCUT2D eigenvalue weighted by molar-refractivity contribution is -0.127. The third-order valence-corrected chi connectivity index (χ3v) is 4.20. The molecule has 138 valence electrons. The summed E-state index contributed by atoms with van der Waals surface area (Å²) in [5.41, 5.74) is 0.299. The fraction of sp³-hybridized carbons (Fsp3) is 0.312. The molecule has 0 aliphatic heterocycles.